The fraction of sp³-hybridized carbons (Fsp3) is 0.167. The average molecular weight is 287 g/mol. The van der Waals surface area contributed by atoms with Gasteiger partial charge in [-0.1, -0.05) is 29.3 Å². The zero-order valence-corrected chi connectivity index (χ0v) is 11.2. The average Bonchev–Trinajstić information content (AvgIpc) is 2.34. The fourth-order valence-electron chi connectivity index (χ4n) is 1.12. The molecule has 0 atom stereocenters. The zero-order chi connectivity index (χ0) is 13.5. The number of likely N-dealkylation sites (N-methyl/N-ethyl adjacent to an activating group) is 1. The van der Waals surface area contributed by atoms with Crippen LogP contribution in [0.15, 0.2) is 24.3 Å². The lowest BCUT2D eigenvalue weighted by molar-refractivity contribution is -0.123. The molecular weight excluding hydrogens is 275 g/mol. The summed E-state index contributed by atoms with van der Waals surface area (Å²) in [7, 11) is 1.50. The molecule has 0 aliphatic heterocycles. The molecule has 0 aliphatic carbocycles. The molecular formula is C12H12Cl2N2O2. The third-order valence-corrected chi connectivity index (χ3v) is 2.64. The lowest BCUT2D eigenvalue weighted by atomic mass is 10.2. The fourth-order valence-corrected chi connectivity index (χ4v) is 1.59. The molecule has 1 rings (SSSR count). The first-order chi connectivity index (χ1) is 8.52. The number of carbonyl (C=O) groups excluding carboxylic acids is 2. The summed E-state index contributed by atoms with van der Waals surface area (Å²) in [5.41, 5.74) is 0.677. The lowest BCUT2D eigenvalue weighted by Crippen LogP contribution is -2.34. The minimum Gasteiger partial charge on any atom is -0.358 e. The molecule has 0 aromatic heterocycles. The third-order valence-electron chi connectivity index (χ3n) is 2.08. The van der Waals surface area contributed by atoms with Crippen LogP contribution in [-0.2, 0) is 9.59 Å². The van der Waals surface area contributed by atoms with Gasteiger partial charge in [0.1, 0.15) is 0 Å². The Labute approximate surface area is 115 Å². The van der Waals surface area contributed by atoms with Crippen LogP contribution >= 0.6 is 23.2 Å². The van der Waals surface area contributed by atoms with Crippen molar-refractivity contribution < 1.29 is 9.59 Å². The first-order valence-electron chi connectivity index (χ1n) is 5.14. The number of benzene rings is 1. The van der Waals surface area contributed by atoms with E-state index in [-0.39, 0.29) is 18.4 Å². The van der Waals surface area contributed by atoms with E-state index >= 15 is 0 Å². The van der Waals surface area contributed by atoms with Gasteiger partial charge in [-0.3, -0.25) is 9.59 Å². The highest BCUT2D eigenvalue weighted by Gasteiger charge is 2.01. The second-order valence-electron chi connectivity index (χ2n) is 3.39. The van der Waals surface area contributed by atoms with Gasteiger partial charge in [-0.25, -0.2) is 0 Å². The molecule has 96 valence electrons. The van der Waals surface area contributed by atoms with Crippen LogP contribution in [0.1, 0.15) is 5.56 Å². The van der Waals surface area contributed by atoms with Gasteiger partial charge in [0.25, 0.3) is 0 Å². The minimum absolute atomic E-state index is 0.0615. The Bertz CT molecular complexity index is 487. The highest BCUT2D eigenvalue weighted by Crippen LogP contribution is 2.21. The summed E-state index contributed by atoms with van der Waals surface area (Å²) < 4.78 is 0. The second-order valence-corrected chi connectivity index (χ2v) is 4.23. The molecule has 0 saturated carbocycles. The molecule has 0 unspecified atom stereocenters. The monoisotopic (exact) mass is 286 g/mol. The van der Waals surface area contributed by atoms with Crippen molar-refractivity contribution in [1.29, 1.82) is 0 Å². The number of amides is 2. The first kappa shape index (κ1) is 14.5. The quantitative estimate of drug-likeness (QED) is 0.831. The first-order valence-corrected chi connectivity index (χ1v) is 5.90. The highest BCUT2D eigenvalue weighted by atomic mass is 35.5. The predicted octanol–water partition coefficient (Wildman–Crippen LogP) is 1.87. The SMILES string of the molecule is CNC(=O)CNC(=O)C=Cc1ccc(Cl)cc1Cl. The molecule has 0 aliphatic rings. The van der Waals surface area contributed by atoms with E-state index in [1.165, 1.54) is 13.1 Å². The molecule has 0 saturated heterocycles. The van der Waals surface area contributed by atoms with Gasteiger partial charge in [-0.05, 0) is 23.8 Å². The van der Waals surface area contributed by atoms with Crippen molar-refractivity contribution in [2.45, 2.75) is 0 Å². The minimum atomic E-state index is -0.371. The van der Waals surface area contributed by atoms with Crippen LogP contribution in [-0.4, -0.2) is 25.4 Å². The van der Waals surface area contributed by atoms with Gasteiger partial charge in [0.2, 0.25) is 11.8 Å². The Morgan fingerprint density at radius 3 is 2.67 bits per heavy atom. The van der Waals surface area contributed by atoms with E-state index in [4.69, 9.17) is 23.2 Å². The van der Waals surface area contributed by atoms with Gasteiger partial charge >= 0.3 is 0 Å². The Hall–Kier alpha value is -1.52. The molecule has 0 radical (unpaired) electrons. The van der Waals surface area contributed by atoms with E-state index in [0.717, 1.165) is 0 Å². The van der Waals surface area contributed by atoms with E-state index in [2.05, 4.69) is 10.6 Å². The number of hydrogen-bond acceptors (Lipinski definition) is 2. The van der Waals surface area contributed by atoms with Gasteiger partial charge in [0, 0.05) is 23.2 Å². The van der Waals surface area contributed by atoms with Gasteiger partial charge in [0.15, 0.2) is 0 Å². The molecule has 18 heavy (non-hydrogen) atoms. The van der Waals surface area contributed by atoms with Crippen LogP contribution in [0, 0.1) is 0 Å². The summed E-state index contributed by atoms with van der Waals surface area (Å²) in [6.45, 7) is -0.0615. The van der Waals surface area contributed by atoms with Crippen molar-refractivity contribution in [3.05, 3.63) is 39.9 Å². The topological polar surface area (TPSA) is 58.2 Å². The molecule has 0 fully saturated rings. The van der Waals surface area contributed by atoms with Crippen LogP contribution in [0.3, 0.4) is 0 Å². The number of rotatable bonds is 4. The molecule has 0 bridgehead atoms. The Morgan fingerprint density at radius 2 is 2.06 bits per heavy atom. The molecule has 2 amide bonds. The van der Waals surface area contributed by atoms with Gasteiger partial charge in [-0.15, -0.1) is 0 Å². The van der Waals surface area contributed by atoms with E-state index in [9.17, 15) is 9.59 Å². The van der Waals surface area contributed by atoms with Crippen molar-refractivity contribution >= 4 is 41.1 Å². The van der Waals surface area contributed by atoms with Gasteiger partial charge in [0.05, 0.1) is 6.54 Å². The van der Waals surface area contributed by atoms with Crippen molar-refractivity contribution in [1.82, 2.24) is 10.6 Å². The van der Waals surface area contributed by atoms with Crippen LogP contribution in [0.2, 0.25) is 10.0 Å². The zero-order valence-electron chi connectivity index (χ0n) is 9.67. The van der Waals surface area contributed by atoms with Crippen molar-refractivity contribution in [2.75, 3.05) is 13.6 Å². The Balaban J connectivity index is 2.58. The summed E-state index contributed by atoms with van der Waals surface area (Å²) >= 11 is 11.7. The molecule has 2 N–H and O–H groups in total. The van der Waals surface area contributed by atoms with Gasteiger partial charge < -0.3 is 10.6 Å². The maximum absolute atomic E-state index is 11.4. The molecule has 4 nitrogen and oxygen atoms in total. The standard InChI is InChI=1S/C12H12Cl2N2O2/c1-15-12(18)7-16-11(17)5-3-8-2-4-9(13)6-10(8)14/h2-6H,7H2,1H3,(H,15,18)(H,16,17). The maximum atomic E-state index is 11.4. The number of hydrogen-bond donors (Lipinski definition) is 2. The largest absolute Gasteiger partial charge is 0.358 e. The normalized spacial score (nSPS) is 10.4. The van der Waals surface area contributed by atoms with Crippen LogP contribution in [0.4, 0.5) is 0 Å². The molecule has 1 aromatic carbocycles. The smallest absolute Gasteiger partial charge is 0.244 e. The number of carbonyl (C=O) groups is 2. The molecule has 1 aromatic rings. The summed E-state index contributed by atoms with van der Waals surface area (Å²) in [5.74, 6) is -0.633. The summed E-state index contributed by atoms with van der Waals surface area (Å²) in [6, 6.07) is 4.97. The molecule has 0 spiro atoms. The third kappa shape index (κ3) is 4.77. The van der Waals surface area contributed by atoms with E-state index in [1.807, 2.05) is 0 Å². The second kappa shape index (κ2) is 7.03. The van der Waals surface area contributed by atoms with E-state index in [1.54, 1.807) is 24.3 Å². The Morgan fingerprint density at radius 1 is 1.33 bits per heavy atom. The molecule has 6 heteroatoms. The summed E-state index contributed by atoms with van der Waals surface area (Å²) in [5, 5.41) is 5.81. The van der Waals surface area contributed by atoms with E-state index in [0.29, 0.717) is 15.6 Å². The summed E-state index contributed by atoms with van der Waals surface area (Å²) in [4.78, 5) is 22.3. The Kier molecular flexibility index (Phi) is 5.68. The predicted molar refractivity (Wildman–Crippen MR) is 72.6 cm³/mol. The number of halogens is 2. The van der Waals surface area contributed by atoms with Gasteiger partial charge in [-0.2, -0.15) is 0 Å². The number of nitrogens with one attached hydrogen (secondary N) is 2. The van der Waals surface area contributed by atoms with Crippen molar-refractivity contribution in [2.24, 2.45) is 0 Å². The van der Waals surface area contributed by atoms with E-state index < -0.39 is 0 Å². The summed E-state index contributed by atoms with van der Waals surface area (Å²) in [6.07, 6.45) is 2.86. The van der Waals surface area contributed by atoms with Crippen LogP contribution in [0.25, 0.3) is 6.08 Å². The highest BCUT2D eigenvalue weighted by molar-refractivity contribution is 6.35. The van der Waals surface area contributed by atoms with Crippen LogP contribution < -0.4 is 10.6 Å². The van der Waals surface area contributed by atoms with Crippen molar-refractivity contribution in [3.63, 3.8) is 0 Å². The maximum Gasteiger partial charge on any atom is 0.244 e. The lowest BCUT2D eigenvalue weighted by Gasteiger charge is -2.01. The van der Waals surface area contributed by atoms with Crippen molar-refractivity contribution in [3.8, 4) is 0 Å². The molecule has 0 heterocycles. The van der Waals surface area contributed by atoms with Crippen LogP contribution in [0.5, 0.6) is 0 Å².